The summed E-state index contributed by atoms with van der Waals surface area (Å²) in [6.45, 7) is 4.32. The van der Waals surface area contributed by atoms with Gasteiger partial charge in [0.2, 0.25) is 0 Å². The van der Waals surface area contributed by atoms with Crippen LogP contribution in [-0.2, 0) is 0 Å². The first-order chi connectivity index (χ1) is 6.75. The van der Waals surface area contributed by atoms with Crippen LogP contribution in [0.1, 0.15) is 19.5 Å². The molecule has 0 spiro atoms. The quantitative estimate of drug-likeness (QED) is 0.704. The summed E-state index contributed by atoms with van der Waals surface area (Å²) in [6.07, 6.45) is 8.27. The second kappa shape index (κ2) is 3.66. The fraction of sp³-hybridized carbons (Fsp3) is 0.250. The molecule has 0 N–H and O–H groups in total. The predicted molar refractivity (Wildman–Crippen MR) is 59.1 cm³/mol. The smallest absolute Gasteiger partial charge is 0.137 e. The van der Waals surface area contributed by atoms with Gasteiger partial charge >= 0.3 is 0 Å². The molecule has 0 saturated carbocycles. The van der Waals surface area contributed by atoms with E-state index in [2.05, 4.69) is 31.0 Å². The number of fused-ring (bicyclic) bond motifs is 1. The highest BCUT2D eigenvalue weighted by molar-refractivity contribution is 5.51. The molecule has 0 saturated heterocycles. The number of hydrogen-bond acceptors (Lipinski definition) is 1. The van der Waals surface area contributed by atoms with Gasteiger partial charge in [-0.2, -0.15) is 0 Å². The van der Waals surface area contributed by atoms with Gasteiger partial charge in [-0.1, -0.05) is 26.0 Å². The van der Waals surface area contributed by atoms with Crippen LogP contribution in [0.25, 0.3) is 11.7 Å². The molecule has 2 nitrogen and oxygen atoms in total. The lowest BCUT2D eigenvalue weighted by molar-refractivity contribution is 0.836. The minimum absolute atomic E-state index is 0.569. The molecule has 0 amide bonds. The van der Waals surface area contributed by atoms with Crippen molar-refractivity contribution in [1.82, 2.24) is 9.38 Å². The summed E-state index contributed by atoms with van der Waals surface area (Å²) in [4.78, 5) is 4.46. The van der Waals surface area contributed by atoms with Gasteiger partial charge in [0.15, 0.2) is 0 Å². The van der Waals surface area contributed by atoms with E-state index in [9.17, 15) is 0 Å². The molecule has 0 bridgehead atoms. The van der Waals surface area contributed by atoms with Gasteiger partial charge in [0.25, 0.3) is 0 Å². The average molecular weight is 186 g/mol. The highest BCUT2D eigenvalue weighted by Crippen LogP contribution is 2.07. The number of nitrogens with zero attached hydrogens (tertiary/aromatic N) is 2. The SMILES string of the molecule is CC(C)/C=C/c1cn2ccccc2n1. The Labute approximate surface area is 83.9 Å². The van der Waals surface area contributed by atoms with Crippen LogP contribution >= 0.6 is 0 Å². The van der Waals surface area contributed by atoms with Crippen LogP contribution in [0.15, 0.2) is 36.7 Å². The number of imidazole rings is 1. The van der Waals surface area contributed by atoms with Crippen molar-refractivity contribution in [2.75, 3.05) is 0 Å². The van der Waals surface area contributed by atoms with E-state index in [0.29, 0.717) is 5.92 Å². The van der Waals surface area contributed by atoms with Gasteiger partial charge in [0, 0.05) is 12.4 Å². The zero-order valence-electron chi connectivity index (χ0n) is 8.51. The van der Waals surface area contributed by atoms with Crippen LogP contribution in [0.3, 0.4) is 0 Å². The monoisotopic (exact) mass is 186 g/mol. The maximum absolute atomic E-state index is 4.46. The molecule has 2 aromatic heterocycles. The van der Waals surface area contributed by atoms with E-state index in [-0.39, 0.29) is 0 Å². The third-order valence-corrected chi connectivity index (χ3v) is 2.03. The molecule has 2 aromatic rings. The third kappa shape index (κ3) is 1.84. The molecule has 0 aromatic carbocycles. The molecule has 0 radical (unpaired) electrons. The Morgan fingerprint density at radius 1 is 1.36 bits per heavy atom. The molecule has 0 fully saturated rings. The number of allylic oxidation sites excluding steroid dienone is 1. The van der Waals surface area contributed by atoms with Gasteiger partial charge in [-0.3, -0.25) is 0 Å². The molecule has 0 aliphatic rings. The second-order valence-corrected chi connectivity index (χ2v) is 3.74. The van der Waals surface area contributed by atoms with E-state index in [4.69, 9.17) is 0 Å². The standard InChI is InChI=1S/C12H14N2/c1-10(2)6-7-11-9-14-8-4-3-5-12(14)13-11/h3-10H,1-2H3/b7-6+. The van der Waals surface area contributed by atoms with E-state index >= 15 is 0 Å². The van der Waals surface area contributed by atoms with E-state index < -0.39 is 0 Å². The van der Waals surface area contributed by atoms with E-state index in [1.807, 2.05) is 35.0 Å². The summed E-state index contributed by atoms with van der Waals surface area (Å²) in [7, 11) is 0. The molecular formula is C12H14N2. The van der Waals surface area contributed by atoms with Crippen molar-refractivity contribution in [3.63, 3.8) is 0 Å². The van der Waals surface area contributed by atoms with E-state index in [1.165, 1.54) is 0 Å². The number of rotatable bonds is 2. The van der Waals surface area contributed by atoms with Crippen molar-refractivity contribution in [2.45, 2.75) is 13.8 Å². The van der Waals surface area contributed by atoms with Crippen molar-refractivity contribution in [3.05, 3.63) is 42.4 Å². The third-order valence-electron chi connectivity index (χ3n) is 2.03. The van der Waals surface area contributed by atoms with Gasteiger partial charge in [0.05, 0.1) is 5.69 Å². The number of pyridine rings is 1. The predicted octanol–water partition coefficient (Wildman–Crippen LogP) is 3.00. The van der Waals surface area contributed by atoms with E-state index in [0.717, 1.165) is 11.3 Å². The first-order valence-electron chi connectivity index (χ1n) is 4.87. The zero-order valence-corrected chi connectivity index (χ0v) is 8.51. The van der Waals surface area contributed by atoms with Gasteiger partial charge in [-0.05, 0) is 24.1 Å². The summed E-state index contributed by atoms with van der Waals surface area (Å²) in [5, 5.41) is 0. The van der Waals surface area contributed by atoms with Crippen LogP contribution < -0.4 is 0 Å². The lowest BCUT2D eigenvalue weighted by Crippen LogP contribution is -1.77. The average Bonchev–Trinajstić information content (AvgIpc) is 2.57. The van der Waals surface area contributed by atoms with Crippen LogP contribution in [-0.4, -0.2) is 9.38 Å². The molecule has 0 aliphatic heterocycles. The Hall–Kier alpha value is -1.57. The molecule has 0 aliphatic carbocycles. The fourth-order valence-corrected chi connectivity index (χ4v) is 1.33. The second-order valence-electron chi connectivity index (χ2n) is 3.74. The lowest BCUT2D eigenvalue weighted by Gasteiger charge is -1.90. The summed E-state index contributed by atoms with van der Waals surface area (Å²) in [6, 6.07) is 6.01. The summed E-state index contributed by atoms with van der Waals surface area (Å²) < 4.78 is 2.03. The topological polar surface area (TPSA) is 17.3 Å². The molecule has 2 heteroatoms. The highest BCUT2D eigenvalue weighted by Gasteiger charge is 1.96. The Kier molecular flexibility index (Phi) is 2.35. The Morgan fingerprint density at radius 3 is 2.93 bits per heavy atom. The molecule has 14 heavy (non-hydrogen) atoms. The Morgan fingerprint density at radius 2 is 2.21 bits per heavy atom. The van der Waals surface area contributed by atoms with E-state index in [1.54, 1.807) is 0 Å². The van der Waals surface area contributed by atoms with Crippen molar-refractivity contribution in [2.24, 2.45) is 5.92 Å². The number of aromatic nitrogens is 2. The Bertz CT molecular complexity index is 419. The summed E-state index contributed by atoms with van der Waals surface area (Å²) in [5.74, 6) is 0.569. The lowest BCUT2D eigenvalue weighted by atomic mass is 10.2. The Balaban J connectivity index is 2.36. The minimum atomic E-state index is 0.569. The zero-order chi connectivity index (χ0) is 9.97. The fourth-order valence-electron chi connectivity index (χ4n) is 1.33. The van der Waals surface area contributed by atoms with Gasteiger partial charge in [-0.15, -0.1) is 0 Å². The van der Waals surface area contributed by atoms with Gasteiger partial charge < -0.3 is 4.40 Å². The molecular weight excluding hydrogens is 172 g/mol. The van der Waals surface area contributed by atoms with Crippen molar-refractivity contribution in [1.29, 1.82) is 0 Å². The molecule has 2 heterocycles. The van der Waals surface area contributed by atoms with Crippen molar-refractivity contribution < 1.29 is 0 Å². The van der Waals surface area contributed by atoms with Crippen molar-refractivity contribution >= 4 is 11.7 Å². The molecule has 2 rings (SSSR count). The summed E-state index contributed by atoms with van der Waals surface area (Å²) >= 11 is 0. The van der Waals surface area contributed by atoms with Crippen LogP contribution in [0.4, 0.5) is 0 Å². The first kappa shape index (κ1) is 9.00. The largest absolute Gasteiger partial charge is 0.306 e. The minimum Gasteiger partial charge on any atom is -0.306 e. The van der Waals surface area contributed by atoms with Crippen molar-refractivity contribution in [3.8, 4) is 0 Å². The van der Waals surface area contributed by atoms with Crippen LogP contribution in [0.2, 0.25) is 0 Å². The van der Waals surface area contributed by atoms with Gasteiger partial charge in [0.1, 0.15) is 5.65 Å². The molecule has 72 valence electrons. The van der Waals surface area contributed by atoms with Gasteiger partial charge in [-0.25, -0.2) is 4.98 Å². The highest BCUT2D eigenvalue weighted by atomic mass is 15.0. The normalized spacial score (nSPS) is 11.9. The first-order valence-corrected chi connectivity index (χ1v) is 4.87. The van der Waals surface area contributed by atoms with Crippen LogP contribution in [0, 0.1) is 5.92 Å². The summed E-state index contributed by atoms with van der Waals surface area (Å²) in [5.41, 5.74) is 2.01. The van der Waals surface area contributed by atoms with Crippen LogP contribution in [0.5, 0.6) is 0 Å². The number of hydrogen-bond donors (Lipinski definition) is 0. The molecule has 0 unspecified atom stereocenters. The maximum atomic E-state index is 4.46. The molecule has 0 atom stereocenters. The maximum Gasteiger partial charge on any atom is 0.137 e.